The van der Waals surface area contributed by atoms with Crippen LogP contribution in [0.1, 0.15) is 29.3 Å². The van der Waals surface area contributed by atoms with Crippen LogP contribution in [-0.4, -0.2) is 24.7 Å². The largest absolute Gasteiger partial charge is 0.376 e. The van der Waals surface area contributed by atoms with Crippen molar-refractivity contribution in [2.24, 2.45) is 5.84 Å². The van der Waals surface area contributed by atoms with Crippen molar-refractivity contribution in [2.45, 2.75) is 32.4 Å². The summed E-state index contributed by atoms with van der Waals surface area (Å²) >= 11 is 0. The molecule has 0 aliphatic carbocycles. The first kappa shape index (κ1) is 12.9. The number of hydrazine groups is 1. The number of hydrogen-bond donors (Lipinski definition) is 3. The van der Waals surface area contributed by atoms with Crippen molar-refractivity contribution in [1.29, 1.82) is 0 Å². The smallest absolute Gasteiger partial charge is 0.253 e. The molecule has 5 nitrogen and oxygen atoms in total. The lowest BCUT2D eigenvalue weighted by Gasteiger charge is -2.17. The third kappa shape index (κ3) is 2.63. The molecule has 5 heteroatoms. The molecule has 0 bridgehead atoms. The molecule has 0 spiro atoms. The first-order valence-electron chi connectivity index (χ1n) is 6.11. The zero-order chi connectivity index (χ0) is 13.1. The molecule has 1 aromatic carbocycles. The average molecular weight is 249 g/mol. The fraction of sp³-hybridized carbons (Fsp3) is 0.462. The summed E-state index contributed by atoms with van der Waals surface area (Å²) in [5.41, 5.74) is 4.77. The summed E-state index contributed by atoms with van der Waals surface area (Å²) in [6.07, 6.45) is 0.914. The lowest BCUT2D eigenvalue weighted by atomic mass is 10.1. The number of aryl methyl sites for hydroxylation is 1. The lowest BCUT2D eigenvalue weighted by Crippen LogP contribution is -2.39. The van der Waals surface area contributed by atoms with Gasteiger partial charge in [-0.3, -0.25) is 10.6 Å². The van der Waals surface area contributed by atoms with Crippen molar-refractivity contribution in [3.05, 3.63) is 29.3 Å². The molecule has 2 atom stereocenters. The van der Waals surface area contributed by atoms with Gasteiger partial charge in [-0.05, 0) is 32.4 Å². The Morgan fingerprint density at radius 1 is 1.50 bits per heavy atom. The zero-order valence-corrected chi connectivity index (χ0v) is 10.7. The van der Waals surface area contributed by atoms with Crippen molar-refractivity contribution in [2.75, 3.05) is 12.0 Å². The molecule has 1 aromatic rings. The summed E-state index contributed by atoms with van der Waals surface area (Å²) in [4.78, 5) is 12.2. The number of anilines is 1. The summed E-state index contributed by atoms with van der Waals surface area (Å²) in [7, 11) is 0. The van der Waals surface area contributed by atoms with Crippen molar-refractivity contribution in [1.82, 2.24) is 5.32 Å². The van der Waals surface area contributed by atoms with E-state index in [1.54, 1.807) is 6.07 Å². The molecule has 1 aliphatic heterocycles. The Morgan fingerprint density at radius 2 is 2.28 bits per heavy atom. The molecule has 98 valence electrons. The first-order chi connectivity index (χ1) is 8.61. The Bertz CT molecular complexity index is 448. The third-order valence-corrected chi connectivity index (χ3v) is 3.27. The minimum absolute atomic E-state index is 0.0630. The van der Waals surface area contributed by atoms with E-state index < -0.39 is 0 Å². The van der Waals surface area contributed by atoms with Crippen molar-refractivity contribution in [3.8, 4) is 0 Å². The molecule has 1 heterocycles. The van der Waals surface area contributed by atoms with Gasteiger partial charge >= 0.3 is 0 Å². The zero-order valence-electron chi connectivity index (χ0n) is 10.7. The first-order valence-corrected chi connectivity index (χ1v) is 6.11. The number of nitrogen functional groups attached to an aromatic ring is 1. The molecule has 0 aromatic heterocycles. The van der Waals surface area contributed by atoms with Gasteiger partial charge in [-0.2, -0.15) is 0 Å². The van der Waals surface area contributed by atoms with Crippen LogP contribution in [0.15, 0.2) is 18.2 Å². The molecule has 1 saturated heterocycles. The van der Waals surface area contributed by atoms with Gasteiger partial charge < -0.3 is 15.5 Å². The highest BCUT2D eigenvalue weighted by Gasteiger charge is 2.26. The van der Waals surface area contributed by atoms with E-state index in [2.05, 4.69) is 10.7 Å². The summed E-state index contributed by atoms with van der Waals surface area (Å²) in [5.74, 6) is 5.30. The number of rotatable bonds is 3. The molecule has 1 amide bonds. The molecule has 18 heavy (non-hydrogen) atoms. The summed E-state index contributed by atoms with van der Waals surface area (Å²) in [5, 5.41) is 2.99. The van der Waals surface area contributed by atoms with Crippen LogP contribution in [-0.2, 0) is 4.74 Å². The third-order valence-electron chi connectivity index (χ3n) is 3.27. The predicted octanol–water partition coefficient (Wildman–Crippen LogP) is 1.19. The molecular weight excluding hydrogens is 230 g/mol. The molecule has 0 radical (unpaired) electrons. The lowest BCUT2D eigenvalue weighted by molar-refractivity contribution is 0.0867. The van der Waals surface area contributed by atoms with Crippen molar-refractivity contribution < 1.29 is 9.53 Å². The second kappa shape index (κ2) is 5.37. The van der Waals surface area contributed by atoms with E-state index in [0.717, 1.165) is 12.0 Å². The number of benzene rings is 1. The van der Waals surface area contributed by atoms with Gasteiger partial charge in [-0.1, -0.05) is 11.6 Å². The number of carbonyl (C=O) groups excluding carboxylic acids is 1. The molecule has 1 fully saturated rings. The number of carbonyl (C=O) groups is 1. The number of ether oxygens (including phenoxy) is 1. The van der Waals surface area contributed by atoms with E-state index in [1.807, 2.05) is 26.0 Å². The van der Waals surface area contributed by atoms with E-state index in [1.165, 1.54) is 0 Å². The quantitative estimate of drug-likeness (QED) is 0.555. The van der Waals surface area contributed by atoms with E-state index in [0.29, 0.717) is 17.9 Å². The summed E-state index contributed by atoms with van der Waals surface area (Å²) < 4.78 is 5.43. The Morgan fingerprint density at radius 3 is 2.89 bits per heavy atom. The van der Waals surface area contributed by atoms with Crippen LogP contribution in [0.4, 0.5) is 5.69 Å². The van der Waals surface area contributed by atoms with E-state index in [-0.39, 0.29) is 18.1 Å². The molecule has 0 saturated carbocycles. The van der Waals surface area contributed by atoms with Crippen LogP contribution in [0.3, 0.4) is 0 Å². The molecular formula is C13H19N3O2. The van der Waals surface area contributed by atoms with Crippen LogP contribution >= 0.6 is 0 Å². The SMILES string of the molecule is Cc1ccc(NN)c(C(=O)NC2CCOC2C)c1. The molecule has 2 rings (SSSR count). The maximum absolute atomic E-state index is 12.2. The van der Waals surface area contributed by atoms with E-state index >= 15 is 0 Å². The second-order valence-electron chi connectivity index (χ2n) is 4.64. The molecule has 4 N–H and O–H groups in total. The van der Waals surface area contributed by atoms with Crippen LogP contribution in [0.5, 0.6) is 0 Å². The van der Waals surface area contributed by atoms with Crippen LogP contribution in [0.25, 0.3) is 0 Å². The minimum atomic E-state index is -0.117. The second-order valence-corrected chi connectivity index (χ2v) is 4.64. The minimum Gasteiger partial charge on any atom is -0.376 e. The number of nitrogens with one attached hydrogen (secondary N) is 2. The fourth-order valence-corrected chi connectivity index (χ4v) is 2.14. The number of amides is 1. The van der Waals surface area contributed by atoms with Gasteiger partial charge in [0.1, 0.15) is 0 Å². The standard InChI is InChI=1S/C13H19N3O2/c1-8-3-4-12(16-14)10(7-8)13(17)15-11-5-6-18-9(11)2/h3-4,7,9,11,16H,5-6,14H2,1-2H3,(H,15,17). The highest BCUT2D eigenvalue weighted by atomic mass is 16.5. The highest BCUT2D eigenvalue weighted by Crippen LogP contribution is 2.18. The van der Waals surface area contributed by atoms with Crippen molar-refractivity contribution >= 4 is 11.6 Å². The normalized spacial score (nSPS) is 22.8. The van der Waals surface area contributed by atoms with Gasteiger partial charge in [0.25, 0.3) is 5.91 Å². The Balaban J connectivity index is 2.15. The fourth-order valence-electron chi connectivity index (χ4n) is 2.14. The monoisotopic (exact) mass is 249 g/mol. The summed E-state index contributed by atoms with van der Waals surface area (Å²) in [6.45, 7) is 4.61. The van der Waals surface area contributed by atoms with Crippen LogP contribution in [0, 0.1) is 6.92 Å². The predicted molar refractivity (Wildman–Crippen MR) is 70.3 cm³/mol. The van der Waals surface area contributed by atoms with Crippen LogP contribution in [0.2, 0.25) is 0 Å². The van der Waals surface area contributed by atoms with Crippen molar-refractivity contribution in [3.63, 3.8) is 0 Å². The highest BCUT2D eigenvalue weighted by molar-refractivity contribution is 5.99. The van der Waals surface area contributed by atoms with E-state index in [9.17, 15) is 4.79 Å². The van der Waals surface area contributed by atoms with Gasteiger partial charge in [0.15, 0.2) is 0 Å². The van der Waals surface area contributed by atoms with E-state index in [4.69, 9.17) is 10.6 Å². The number of nitrogens with two attached hydrogens (primary N) is 1. The average Bonchev–Trinajstić information content (AvgIpc) is 2.75. The molecule has 1 aliphatic rings. The van der Waals surface area contributed by atoms with Gasteiger partial charge in [0.05, 0.1) is 23.4 Å². The molecule has 2 unspecified atom stereocenters. The number of hydrogen-bond acceptors (Lipinski definition) is 4. The maximum atomic E-state index is 12.2. The van der Waals surface area contributed by atoms with Gasteiger partial charge in [0, 0.05) is 6.61 Å². The Labute approximate surface area is 107 Å². The van der Waals surface area contributed by atoms with Gasteiger partial charge in [-0.15, -0.1) is 0 Å². The van der Waals surface area contributed by atoms with Crippen LogP contribution < -0.4 is 16.6 Å². The van der Waals surface area contributed by atoms with Gasteiger partial charge in [-0.25, -0.2) is 0 Å². The Hall–Kier alpha value is -1.59. The maximum Gasteiger partial charge on any atom is 0.253 e. The Kier molecular flexibility index (Phi) is 3.84. The van der Waals surface area contributed by atoms with Gasteiger partial charge in [0.2, 0.25) is 0 Å². The topological polar surface area (TPSA) is 76.4 Å². The summed E-state index contributed by atoms with van der Waals surface area (Å²) in [6, 6.07) is 5.61.